The van der Waals surface area contributed by atoms with Crippen LogP contribution in [0.4, 0.5) is 0 Å². The number of methoxy groups -OCH3 is 2. The Labute approximate surface area is 98.9 Å². The summed E-state index contributed by atoms with van der Waals surface area (Å²) in [6.45, 7) is 2.83. The summed E-state index contributed by atoms with van der Waals surface area (Å²) in [5.41, 5.74) is 3.10. The van der Waals surface area contributed by atoms with Crippen LogP contribution in [0.2, 0.25) is 0 Å². The van der Waals surface area contributed by atoms with E-state index in [-0.39, 0.29) is 0 Å². The number of alkyl halides is 1. The summed E-state index contributed by atoms with van der Waals surface area (Å²) in [6, 6.07) is 3.91. The lowest BCUT2D eigenvalue weighted by Gasteiger charge is -2.13. The van der Waals surface area contributed by atoms with Gasteiger partial charge in [0.15, 0.2) is 0 Å². The highest BCUT2D eigenvalue weighted by atomic mass is 79.9. The summed E-state index contributed by atoms with van der Waals surface area (Å²) in [4.78, 5) is 0. The Morgan fingerprint density at radius 1 is 1.27 bits per heavy atom. The molecule has 3 nitrogen and oxygen atoms in total. The first kappa shape index (κ1) is 12.3. The lowest BCUT2D eigenvalue weighted by Crippen LogP contribution is -2.12. The molecule has 84 valence electrons. The first-order valence-electron chi connectivity index (χ1n) is 4.71. The topological polar surface area (TPSA) is 30.5 Å². The third kappa shape index (κ3) is 3.11. The molecule has 0 amide bonds. The summed E-state index contributed by atoms with van der Waals surface area (Å²) in [5, 5.41) is 3.21. The molecule has 0 atom stereocenters. The summed E-state index contributed by atoms with van der Waals surface area (Å²) in [5.74, 6) is 1.69. The Balaban J connectivity index is 3.01. The monoisotopic (exact) mass is 273 g/mol. The minimum Gasteiger partial charge on any atom is -0.497 e. The van der Waals surface area contributed by atoms with Crippen molar-refractivity contribution in [2.24, 2.45) is 0 Å². The molecule has 0 aliphatic heterocycles. The Morgan fingerprint density at radius 3 is 2.53 bits per heavy atom. The largest absolute Gasteiger partial charge is 0.497 e. The van der Waals surface area contributed by atoms with E-state index in [0.717, 1.165) is 29.1 Å². The lowest BCUT2D eigenvalue weighted by atomic mass is 10.1. The van der Waals surface area contributed by atoms with Gasteiger partial charge in [-0.05, 0) is 18.6 Å². The van der Waals surface area contributed by atoms with Crippen molar-refractivity contribution in [1.29, 1.82) is 0 Å². The van der Waals surface area contributed by atoms with E-state index in [1.54, 1.807) is 14.2 Å². The van der Waals surface area contributed by atoms with E-state index in [1.165, 1.54) is 5.56 Å². The number of benzene rings is 1. The molecule has 1 aromatic rings. The zero-order valence-electron chi connectivity index (χ0n) is 9.26. The molecule has 0 aliphatic rings. The van der Waals surface area contributed by atoms with E-state index in [1.807, 2.05) is 12.1 Å². The van der Waals surface area contributed by atoms with Gasteiger partial charge >= 0.3 is 0 Å². The smallest absolute Gasteiger partial charge is 0.127 e. The maximum Gasteiger partial charge on any atom is 0.127 e. The predicted octanol–water partition coefficient (Wildman–Crippen LogP) is 2.45. The van der Waals surface area contributed by atoms with Gasteiger partial charge in [-0.25, -0.2) is 0 Å². The molecule has 0 saturated carbocycles. The van der Waals surface area contributed by atoms with Crippen LogP contribution in [0.5, 0.6) is 11.5 Å². The van der Waals surface area contributed by atoms with E-state index in [0.29, 0.717) is 0 Å². The molecule has 0 aliphatic carbocycles. The highest BCUT2D eigenvalue weighted by Gasteiger charge is 2.08. The predicted molar refractivity (Wildman–Crippen MR) is 64.9 cm³/mol. The number of rotatable bonds is 5. The molecular weight excluding hydrogens is 258 g/mol. The van der Waals surface area contributed by atoms with Crippen LogP contribution in [-0.2, 0) is 6.54 Å². The normalized spacial score (nSPS) is 10.1. The number of hydrogen-bond donors (Lipinski definition) is 1. The van der Waals surface area contributed by atoms with Gasteiger partial charge in [0.05, 0.1) is 19.7 Å². The average molecular weight is 274 g/mol. The summed E-state index contributed by atoms with van der Waals surface area (Å²) in [7, 11) is 3.33. The number of hydrogen-bond acceptors (Lipinski definition) is 3. The van der Waals surface area contributed by atoms with Gasteiger partial charge in [-0.15, -0.1) is 0 Å². The Kier molecular flexibility index (Phi) is 4.91. The van der Waals surface area contributed by atoms with Gasteiger partial charge in [-0.3, -0.25) is 0 Å². The van der Waals surface area contributed by atoms with Crippen molar-refractivity contribution in [2.75, 3.05) is 19.7 Å². The Bertz CT molecular complexity index is 329. The number of ether oxygens (including phenoxy) is 2. The van der Waals surface area contributed by atoms with E-state index in [2.05, 4.69) is 28.2 Å². The van der Waals surface area contributed by atoms with Crippen molar-refractivity contribution in [3.05, 3.63) is 23.3 Å². The van der Waals surface area contributed by atoms with E-state index >= 15 is 0 Å². The maximum absolute atomic E-state index is 5.33. The summed E-state index contributed by atoms with van der Waals surface area (Å²) in [6.07, 6.45) is 0. The third-order valence-electron chi connectivity index (χ3n) is 2.26. The molecule has 0 spiro atoms. The van der Waals surface area contributed by atoms with E-state index in [9.17, 15) is 0 Å². The van der Waals surface area contributed by atoms with Crippen molar-refractivity contribution in [3.8, 4) is 11.5 Å². The first-order chi connectivity index (χ1) is 7.22. The highest BCUT2D eigenvalue weighted by Crippen LogP contribution is 2.28. The highest BCUT2D eigenvalue weighted by molar-refractivity contribution is 9.09. The van der Waals surface area contributed by atoms with Crippen LogP contribution in [0.25, 0.3) is 0 Å². The molecule has 4 heteroatoms. The van der Waals surface area contributed by atoms with Crippen LogP contribution < -0.4 is 14.8 Å². The zero-order valence-corrected chi connectivity index (χ0v) is 10.8. The number of aryl methyl sites for hydroxylation is 1. The van der Waals surface area contributed by atoms with Crippen molar-refractivity contribution in [3.63, 3.8) is 0 Å². The van der Waals surface area contributed by atoms with Gasteiger partial charge < -0.3 is 14.8 Å². The molecule has 1 aromatic carbocycles. The second-order valence-corrected chi connectivity index (χ2v) is 3.75. The van der Waals surface area contributed by atoms with E-state index < -0.39 is 0 Å². The maximum atomic E-state index is 5.33. The van der Waals surface area contributed by atoms with E-state index in [4.69, 9.17) is 9.47 Å². The Hall–Kier alpha value is -0.740. The number of nitrogens with one attached hydrogen (secondary N) is 1. The molecule has 1 N–H and O–H groups in total. The second kappa shape index (κ2) is 5.98. The summed E-state index contributed by atoms with van der Waals surface area (Å²) >= 11 is 3.33. The van der Waals surface area contributed by atoms with Crippen molar-refractivity contribution < 1.29 is 9.47 Å². The van der Waals surface area contributed by atoms with Gasteiger partial charge in [0, 0.05) is 18.2 Å². The minimum absolute atomic E-state index is 0.765. The van der Waals surface area contributed by atoms with Crippen LogP contribution in [0.3, 0.4) is 0 Å². The van der Waals surface area contributed by atoms with Gasteiger partial charge in [0.2, 0.25) is 0 Å². The average Bonchev–Trinajstić information content (AvgIpc) is 2.26. The van der Waals surface area contributed by atoms with Crippen molar-refractivity contribution in [2.45, 2.75) is 13.5 Å². The van der Waals surface area contributed by atoms with Gasteiger partial charge in [0.25, 0.3) is 0 Å². The van der Waals surface area contributed by atoms with Gasteiger partial charge in [-0.2, -0.15) is 0 Å². The van der Waals surface area contributed by atoms with Gasteiger partial charge in [-0.1, -0.05) is 15.9 Å². The fourth-order valence-corrected chi connectivity index (χ4v) is 1.65. The SMILES string of the molecule is COc1cc(C)c(CNCBr)c(OC)c1. The van der Waals surface area contributed by atoms with Crippen LogP contribution >= 0.6 is 15.9 Å². The number of halogens is 1. The standard InChI is InChI=1S/C11H16BrNO2/c1-8-4-9(14-2)5-11(15-3)10(8)6-13-7-12/h4-5,13H,6-7H2,1-3H3. The zero-order chi connectivity index (χ0) is 11.3. The fourth-order valence-electron chi connectivity index (χ4n) is 1.45. The van der Waals surface area contributed by atoms with Crippen LogP contribution in [0.1, 0.15) is 11.1 Å². The summed E-state index contributed by atoms with van der Waals surface area (Å²) < 4.78 is 10.5. The molecule has 0 radical (unpaired) electrons. The van der Waals surface area contributed by atoms with Crippen molar-refractivity contribution >= 4 is 15.9 Å². The molecule has 0 bridgehead atoms. The molecule has 15 heavy (non-hydrogen) atoms. The molecule has 0 aromatic heterocycles. The van der Waals surface area contributed by atoms with Gasteiger partial charge in [0.1, 0.15) is 11.5 Å². The first-order valence-corrected chi connectivity index (χ1v) is 5.83. The molecule has 0 fully saturated rings. The third-order valence-corrected chi connectivity index (χ3v) is 2.65. The molecular formula is C11H16BrNO2. The second-order valence-electron chi connectivity index (χ2n) is 3.19. The quantitative estimate of drug-likeness (QED) is 0.661. The van der Waals surface area contributed by atoms with Crippen LogP contribution in [-0.4, -0.2) is 19.7 Å². The Morgan fingerprint density at radius 2 is 2.00 bits per heavy atom. The fraction of sp³-hybridized carbons (Fsp3) is 0.455. The lowest BCUT2D eigenvalue weighted by molar-refractivity contribution is 0.389. The molecule has 0 heterocycles. The molecule has 0 unspecified atom stereocenters. The minimum atomic E-state index is 0.765. The van der Waals surface area contributed by atoms with Crippen LogP contribution in [0.15, 0.2) is 12.1 Å². The van der Waals surface area contributed by atoms with Crippen LogP contribution in [0, 0.1) is 6.92 Å². The molecule has 0 saturated heterocycles. The molecule has 1 rings (SSSR count). The van der Waals surface area contributed by atoms with Crippen molar-refractivity contribution in [1.82, 2.24) is 5.32 Å².